The van der Waals surface area contributed by atoms with Crippen LogP contribution < -0.4 is 0 Å². The van der Waals surface area contributed by atoms with E-state index in [2.05, 4.69) is 4.74 Å². The highest BCUT2D eigenvalue weighted by atomic mass is 16.5. The van der Waals surface area contributed by atoms with Crippen molar-refractivity contribution in [2.75, 3.05) is 7.11 Å². The van der Waals surface area contributed by atoms with Gasteiger partial charge in [0.2, 0.25) is 0 Å². The molecule has 0 saturated carbocycles. The van der Waals surface area contributed by atoms with Gasteiger partial charge in [0.15, 0.2) is 0 Å². The van der Waals surface area contributed by atoms with Crippen LogP contribution in [0.1, 0.15) is 13.3 Å². The van der Waals surface area contributed by atoms with Gasteiger partial charge in [0, 0.05) is 6.42 Å². The predicted octanol–water partition coefficient (Wildman–Crippen LogP) is 1.44. The van der Waals surface area contributed by atoms with Crippen LogP contribution in [-0.2, 0) is 4.74 Å². The second-order valence-electron chi connectivity index (χ2n) is 1.20. The van der Waals surface area contributed by atoms with Crippen LogP contribution in [0.25, 0.3) is 0 Å². The van der Waals surface area contributed by atoms with Gasteiger partial charge in [0.1, 0.15) is 12.0 Å². The molecule has 0 unspecified atom stereocenters. The maximum Gasteiger partial charge on any atom is 0.126 e. The van der Waals surface area contributed by atoms with E-state index in [1.807, 2.05) is 6.92 Å². The molecule has 0 rings (SSSR count). The van der Waals surface area contributed by atoms with Gasteiger partial charge in [-0.15, -0.1) is 0 Å². The molecular weight excluding hydrogens is 92.1 g/mol. The van der Waals surface area contributed by atoms with Crippen molar-refractivity contribution in [3.63, 3.8) is 0 Å². The summed E-state index contributed by atoms with van der Waals surface area (Å²) in [6.07, 6.45) is 1.95. The highest BCUT2D eigenvalue weighted by Gasteiger charge is 1.81. The third-order valence-corrected chi connectivity index (χ3v) is 0.616. The van der Waals surface area contributed by atoms with E-state index in [-0.39, 0.29) is 5.76 Å². The van der Waals surface area contributed by atoms with Crippen molar-refractivity contribution in [1.29, 1.82) is 0 Å². The first-order valence-corrected chi connectivity index (χ1v) is 2.22. The molecular formula is C5H10O2. The predicted molar refractivity (Wildman–Crippen MR) is 28.0 cm³/mol. The highest BCUT2D eigenvalue weighted by molar-refractivity contribution is 4.81. The zero-order chi connectivity index (χ0) is 5.70. The molecule has 0 aliphatic heterocycles. The molecule has 0 heterocycles. The van der Waals surface area contributed by atoms with Gasteiger partial charge in [-0.3, -0.25) is 0 Å². The van der Waals surface area contributed by atoms with Crippen LogP contribution in [0.4, 0.5) is 0 Å². The zero-order valence-corrected chi connectivity index (χ0v) is 4.64. The van der Waals surface area contributed by atoms with E-state index < -0.39 is 0 Å². The Bertz CT molecular complexity index is 66.5. The fourth-order valence-corrected chi connectivity index (χ4v) is 0.219. The fraction of sp³-hybridized carbons (Fsp3) is 0.600. The summed E-state index contributed by atoms with van der Waals surface area (Å²) < 4.78 is 4.48. The van der Waals surface area contributed by atoms with Crippen LogP contribution in [0.5, 0.6) is 0 Å². The van der Waals surface area contributed by atoms with Crippen molar-refractivity contribution in [3.8, 4) is 0 Å². The quantitative estimate of drug-likeness (QED) is 0.534. The van der Waals surface area contributed by atoms with Crippen molar-refractivity contribution in [2.24, 2.45) is 0 Å². The van der Waals surface area contributed by atoms with Crippen LogP contribution >= 0.6 is 0 Å². The molecule has 0 spiro atoms. The van der Waals surface area contributed by atoms with E-state index in [1.165, 1.54) is 13.4 Å². The first-order valence-electron chi connectivity index (χ1n) is 2.22. The second-order valence-corrected chi connectivity index (χ2v) is 1.20. The lowest BCUT2D eigenvalue weighted by Crippen LogP contribution is -1.76. The molecule has 0 radical (unpaired) electrons. The Labute approximate surface area is 43.4 Å². The van der Waals surface area contributed by atoms with Crippen LogP contribution in [0.15, 0.2) is 12.0 Å². The first-order chi connectivity index (χ1) is 3.31. The number of methoxy groups -OCH3 is 1. The normalized spacial score (nSPS) is 11.4. The summed E-state index contributed by atoms with van der Waals surface area (Å²) in [6.45, 7) is 1.85. The van der Waals surface area contributed by atoms with Crippen LogP contribution in [0.2, 0.25) is 0 Å². The van der Waals surface area contributed by atoms with E-state index in [0.717, 1.165) is 0 Å². The molecule has 0 aromatic rings. The maximum absolute atomic E-state index is 8.59. The monoisotopic (exact) mass is 102 g/mol. The number of aliphatic hydroxyl groups is 1. The summed E-state index contributed by atoms with van der Waals surface area (Å²) in [4.78, 5) is 0. The summed E-state index contributed by atoms with van der Waals surface area (Å²) in [6, 6.07) is 0. The van der Waals surface area contributed by atoms with Gasteiger partial charge in [-0.05, 0) is 0 Å². The SMILES string of the molecule is CC/C(O)=C\OC. The molecule has 0 atom stereocenters. The van der Waals surface area contributed by atoms with E-state index in [4.69, 9.17) is 5.11 Å². The first kappa shape index (κ1) is 6.34. The van der Waals surface area contributed by atoms with Crippen LogP contribution in [0.3, 0.4) is 0 Å². The lowest BCUT2D eigenvalue weighted by Gasteiger charge is -1.89. The lowest BCUT2D eigenvalue weighted by molar-refractivity contribution is 0.291. The summed E-state index contributed by atoms with van der Waals surface area (Å²) in [7, 11) is 1.51. The molecule has 0 aromatic carbocycles. The summed E-state index contributed by atoms with van der Waals surface area (Å²) in [5, 5.41) is 8.59. The molecule has 42 valence electrons. The van der Waals surface area contributed by atoms with Crippen molar-refractivity contribution in [3.05, 3.63) is 12.0 Å². The average molecular weight is 102 g/mol. The minimum absolute atomic E-state index is 0.280. The smallest absolute Gasteiger partial charge is 0.126 e. The molecule has 1 N–H and O–H groups in total. The molecule has 0 saturated heterocycles. The molecule has 0 bridgehead atoms. The second kappa shape index (κ2) is 3.53. The van der Waals surface area contributed by atoms with E-state index in [1.54, 1.807) is 0 Å². The van der Waals surface area contributed by atoms with Gasteiger partial charge in [0.25, 0.3) is 0 Å². The topological polar surface area (TPSA) is 29.5 Å². The van der Waals surface area contributed by atoms with Crippen LogP contribution in [-0.4, -0.2) is 12.2 Å². The third-order valence-electron chi connectivity index (χ3n) is 0.616. The average Bonchev–Trinajstić information content (AvgIpc) is 1.68. The van der Waals surface area contributed by atoms with Gasteiger partial charge < -0.3 is 9.84 Å². The van der Waals surface area contributed by atoms with Gasteiger partial charge >= 0.3 is 0 Å². The van der Waals surface area contributed by atoms with E-state index in [0.29, 0.717) is 6.42 Å². The Morgan fingerprint density at radius 1 is 1.86 bits per heavy atom. The number of ether oxygens (including phenoxy) is 1. The van der Waals surface area contributed by atoms with E-state index >= 15 is 0 Å². The minimum atomic E-state index is 0.280. The number of rotatable bonds is 2. The largest absolute Gasteiger partial charge is 0.509 e. The number of aliphatic hydroxyl groups excluding tert-OH is 1. The number of allylic oxidation sites excluding steroid dienone is 1. The fourth-order valence-electron chi connectivity index (χ4n) is 0.219. The highest BCUT2D eigenvalue weighted by Crippen LogP contribution is 1.91. The van der Waals surface area contributed by atoms with Gasteiger partial charge in [-0.1, -0.05) is 6.92 Å². The van der Waals surface area contributed by atoms with Gasteiger partial charge in [-0.25, -0.2) is 0 Å². The van der Waals surface area contributed by atoms with Crippen molar-refractivity contribution >= 4 is 0 Å². The standard InChI is InChI=1S/C5H10O2/c1-3-5(6)4-7-2/h4,6H,3H2,1-2H3/b5-4+. The molecule has 7 heavy (non-hydrogen) atoms. The Morgan fingerprint density at radius 2 is 2.43 bits per heavy atom. The number of hydrogen-bond donors (Lipinski definition) is 1. The molecule has 2 nitrogen and oxygen atoms in total. The number of hydrogen-bond acceptors (Lipinski definition) is 2. The Balaban J connectivity index is 3.29. The van der Waals surface area contributed by atoms with Crippen molar-refractivity contribution in [1.82, 2.24) is 0 Å². The van der Waals surface area contributed by atoms with E-state index in [9.17, 15) is 0 Å². The Kier molecular flexibility index (Phi) is 3.19. The molecule has 0 fully saturated rings. The summed E-state index contributed by atoms with van der Waals surface area (Å²) in [5.74, 6) is 0.280. The summed E-state index contributed by atoms with van der Waals surface area (Å²) >= 11 is 0. The Hall–Kier alpha value is -0.660. The van der Waals surface area contributed by atoms with Gasteiger partial charge in [0.05, 0.1) is 7.11 Å². The molecule has 2 heteroatoms. The summed E-state index contributed by atoms with van der Waals surface area (Å²) in [5.41, 5.74) is 0. The third kappa shape index (κ3) is 3.16. The molecule has 0 aromatic heterocycles. The minimum Gasteiger partial charge on any atom is -0.509 e. The maximum atomic E-state index is 8.59. The Morgan fingerprint density at radius 3 is 2.57 bits per heavy atom. The van der Waals surface area contributed by atoms with Crippen LogP contribution in [0, 0.1) is 0 Å². The lowest BCUT2D eigenvalue weighted by atomic mass is 10.4. The van der Waals surface area contributed by atoms with Crippen molar-refractivity contribution < 1.29 is 9.84 Å². The van der Waals surface area contributed by atoms with Gasteiger partial charge in [-0.2, -0.15) is 0 Å². The van der Waals surface area contributed by atoms with Crippen molar-refractivity contribution in [2.45, 2.75) is 13.3 Å². The molecule has 0 aliphatic rings. The zero-order valence-electron chi connectivity index (χ0n) is 4.64. The molecule has 0 aliphatic carbocycles. The molecule has 0 amide bonds.